The zero-order valence-electron chi connectivity index (χ0n) is 14.6. The van der Waals surface area contributed by atoms with Gasteiger partial charge in [0.15, 0.2) is 5.78 Å². The first-order valence-corrected chi connectivity index (χ1v) is 8.15. The Kier molecular flexibility index (Phi) is 6.34. The van der Waals surface area contributed by atoms with Gasteiger partial charge in [0.1, 0.15) is 23.3 Å². The number of hydrogen-bond donors (Lipinski definition) is 1. The summed E-state index contributed by atoms with van der Waals surface area (Å²) in [6.07, 6.45) is -0.234. The molecule has 0 radical (unpaired) electrons. The number of rotatable bonds is 7. The van der Waals surface area contributed by atoms with E-state index < -0.39 is 17.5 Å². The number of aromatic hydroxyl groups is 1. The van der Waals surface area contributed by atoms with Crippen LogP contribution in [0, 0.1) is 18.3 Å². The van der Waals surface area contributed by atoms with Gasteiger partial charge in [-0.05, 0) is 32.0 Å². The molecule has 0 bridgehead atoms. The maximum Gasteiger partial charge on any atom is 0.306 e. The molecular formula is C20H19NO5. The molecule has 1 N–H and O–H groups in total. The SMILES string of the molecule is CCOC(=O)CCC(=O)c1cc(Oc2ccc(C)cc2)cc(C#N)c1O. The lowest BCUT2D eigenvalue weighted by molar-refractivity contribution is -0.143. The number of hydrogen-bond acceptors (Lipinski definition) is 6. The van der Waals surface area contributed by atoms with Crippen molar-refractivity contribution in [2.45, 2.75) is 26.7 Å². The molecule has 0 saturated carbocycles. The molecule has 134 valence electrons. The number of phenolic OH excluding ortho intramolecular Hbond substituents is 1. The van der Waals surface area contributed by atoms with Crippen LogP contribution >= 0.6 is 0 Å². The van der Waals surface area contributed by atoms with E-state index in [9.17, 15) is 20.0 Å². The minimum atomic E-state index is -0.493. The highest BCUT2D eigenvalue weighted by Gasteiger charge is 2.18. The third kappa shape index (κ3) is 4.84. The van der Waals surface area contributed by atoms with Gasteiger partial charge in [-0.15, -0.1) is 0 Å². The summed E-state index contributed by atoms with van der Waals surface area (Å²) < 4.78 is 10.5. The summed E-state index contributed by atoms with van der Waals surface area (Å²) in [5.41, 5.74) is 0.931. The number of aryl methyl sites for hydroxylation is 1. The quantitative estimate of drug-likeness (QED) is 0.599. The summed E-state index contributed by atoms with van der Waals surface area (Å²) in [6.45, 7) is 3.85. The van der Waals surface area contributed by atoms with E-state index in [0.717, 1.165) is 5.56 Å². The molecule has 26 heavy (non-hydrogen) atoms. The monoisotopic (exact) mass is 353 g/mol. The molecular weight excluding hydrogens is 334 g/mol. The Balaban J connectivity index is 2.25. The van der Waals surface area contributed by atoms with Gasteiger partial charge >= 0.3 is 5.97 Å². The Morgan fingerprint density at radius 2 is 1.81 bits per heavy atom. The van der Waals surface area contributed by atoms with Crippen LogP contribution in [0.2, 0.25) is 0 Å². The Hall–Kier alpha value is -3.33. The second-order valence-electron chi connectivity index (χ2n) is 5.62. The average Bonchev–Trinajstić information content (AvgIpc) is 2.63. The van der Waals surface area contributed by atoms with Crippen LogP contribution in [0.1, 0.15) is 41.3 Å². The summed E-state index contributed by atoms with van der Waals surface area (Å²) in [6, 6.07) is 11.8. The number of Topliss-reactive ketones (excluding diaryl/α,β-unsaturated/α-hetero) is 1. The highest BCUT2D eigenvalue weighted by molar-refractivity contribution is 6.00. The number of carbonyl (C=O) groups is 2. The molecule has 0 aliphatic carbocycles. The summed E-state index contributed by atoms with van der Waals surface area (Å²) in [7, 11) is 0. The van der Waals surface area contributed by atoms with Crippen LogP contribution in [0.4, 0.5) is 0 Å². The van der Waals surface area contributed by atoms with Gasteiger partial charge in [-0.3, -0.25) is 9.59 Å². The molecule has 2 rings (SSSR count). The molecule has 0 spiro atoms. The smallest absolute Gasteiger partial charge is 0.306 e. The predicted molar refractivity (Wildman–Crippen MR) is 94.3 cm³/mol. The van der Waals surface area contributed by atoms with E-state index in [-0.39, 0.29) is 36.3 Å². The van der Waals surface area contributed by atoms with Gasteiger partial charge in [0.2, 0.25) is 0 Å². The lowest BCUT2D eigenvalue weighted by atomic mass is 10.0. The molecule has 6 nitrogen and oxygen atoms in total. The predicted octanol–water partition coefficient (Wildman–Crippen LogP) is 3.89. The number of esters is 1. The third-order valence-corrected chi connectivity index (χ3v) is 3.62. The van der Waals surface area contributed by atoms with Crippen LogP contribution in [0.5, 0.6) is 17.2 Å². The number of ketones is 1. The Bertz CT molecular complexity index is 850. The number of carbonyl (C=O) groups excluding carboxylic acids is 2. The van der Waals surface area contributed by atoms with E-state index in [1.54, 1.807) is 19.1 Å². The molecule has 0 aliphatic rings. The molecule has 0 fully saturated rings. The summed E-state index contributed by atoms with van der Waals surface area (Å²) in [4.78, 5) is 23.8. The van der Waals surface area contributed by atoms with Gasteiger partial charge in [0.25, 0.3) is 0 Å². The minimum absolute atomic E-state index is 0.0598. The zero-order valence-corrected chi connectivity index (χ0v) is 14.6. The molecule has 0 aromatic heterocycles. The highest BCUT2D eigenvalue weighted by atomic mass is 16.5. The van der Waals surface area contributed by atoms with Crippen molar-refractivity contribution in [3.05, 3.63) is 53.1 Å². The molecule has 6 heteroatoms. The van der Waals surface area contributed by atoms with E-state index in [4.69, 9.17) is 9.47 Å². The number of ether oxygens (including phenoxy) is 2. The first-order chi connectivity index (χ1) is 12.4. The summed E-state index contributed by atoms with van der Waals surface area (Å²) >= 11 is 0. The molecule has 2 aromatic carbocycles. The van der Waals surface area contributed by atoms with E-state index in [1.165, 1.54) is 12.1 Å². The molecule has 0 amide bonds. The fourth-order valence-electron chi connectivity index (χ4n) is 2.29. The fourth-order valence-corrected chi connectivity index (χ4v) is 2.29. The second kappa shape index (κ2) is 8.67. The topological polar surface area (TPSA) is 96.6 Å². The van der Waals surface area contributed by atoms with Crippen molar-refractivity contribution >= 4 is 11.8 Å². The van der Waals surface area contributed by atoms with Crippen LogP contribution in [0.3, 0.4) is 0 Å². The van der Waals surface area contributed by atoms with Gasteiger partial charge in [-0.1, -0.05) is 17.7 Å². The maximum atomic E-state index is 12.4. The fraction of sp³-hybridized carbons (Fsp3) is 0.250. The van der Waals surface area contributed by atoms with E-state index in [1.807, 2.05) is 25.1 Å². The van der Waals surface area contributed by atoms with E-state index in [2.05, 4.69) is 0 Å². The molecule has 0 atom stereocenters. The van der Waals surface area contributed by atoms with Crippen LogP contribution in [0.15, 0.2) is 36.4 Å². The standard InChI is InChI=1S/C20H19NO5/c1-3-25-19(23)9-8-18(22)17-11-16(10-14(12-21)20(17)24)26-15-6-4-13(2)5-7-15/h4-7,10-11,24H,3,8-9H2,1-2H3. The number of phenols is 1. The first-order valence-electron chi connectivity index (χ1n) is 8.15. The average molecular weight is 353 g/mol. The normalized spacial score (nSPS) is 10.0. The van der Waals surface area contributed by atoms with Crippen LogP contribution in [0.25, 0.3) is 0 Å². The molecule has 2 aromatic rings. The van der Waals surface area contributed by atoms with Gasteiger partial charge in [0, 0.05) is 12.5 Å². The lowest BCUT2D eigenvalue weighted by Crippen LogP contribution is -2.08. The van der Waals surface area contributed by atoms with Gasteiger partial charge in [0.05, 0.1) is 24.2 Å². The van der Waals surface area contributed by atoms with E-state index in [0.29, 0.717) is 5.75 Å². The molecule has 0 unspecified atom stereocenters. The summed E-state index contributed by atoms with van der Waals surface area (Å²) in [5.74, 6) is -0.593. The molecule has 0 aliphatic heterocycles. The molecule has 0 heterocycles. The Morgan fingerprint density at radius 3 is 2.42 bits per heavy atom. The number of nitriles is 1. The minimum Gasteiger partial charge on any atom is -0.506 e. The zero-order chi connectivity index (χ0) is 19.1. The number of nitrogens with zero attached hydrogens (tertiary/aromatic N) is 1. The maximum absolute atomic E-state index is 12.4. The third-order valence-electron chi connectivity index (χ3n) is 3.62. The van der Waals surface area contributed by atoms with Crippen molar-refractivity contribution in [1.29, 1.82) is 5.26 Å². The number of benzene rings is 2. The van der Waals surface area contributed by atoms with Crippen LogP contribution < -0.4 is 4.74 Å². The van der Waals surface area contributed by atoms with Crippen molar-refractivity contribution in [3.63, 3.8) is 0 Å². The Morgan fingerprint density at radius 1 is 1.12 bits per heavy atom. The largest absolute Gasteiger partial charge is 0.506 e. The van der Waals surface area contributed by atoms with Gasteiger partial charge in [-0.2, -0.15) is 5.26 Å². The summed E-state index contributed by atoms with van der Waals surface area (Å²) in [5, 5.41) is 19.3. The lowest BCUT2D eigenvalue weighted by Gasteiger charge is -2.11. The van der Waals surface area contributed by atoms with Crippen molar-refractivity contribution < 1.29 is 24.2 Å². The van der Waals surface area contributed by atoms with E-state index >= 15 is 0 Å². The first kappa shape index (κ1) is 19.0. The van der Waals surface area contributed by atoms with Crippen molar-refractivity contribution in [2.24, 2.45) is 0 Å². The van der Waals surface area contributed by atoms with Crippen molar-refractivity contribution in [3.8, 4) is 23.3 Å². The van der Waals surface area contributed by atoms with Crippen molar-refractivity contribution in [2.75, 3.05) is 6.61 Å². The molecule has 0 saturated heterocycles. The van der Waals surface area contributed by atoms with Gasteiger partial charge in [-0.25, -0.2) is 0 Å². The van der Waals surface area contributed by atoms with Crippen LogP contribution in [-0.4, -0.2) is 23.5 Å². The van der Waals surface area contributed by atoms with Crippen LogP contribution in [-0.2, 0) is 9.53 Å². The van der Waals surface area contributed by atoms with Gasteiger partial charge < -0.3 is 14.6 Å². The Labute approximate surface area is 151 Å². The highest BCUT2D eigenvalue weighted by Crippen LogP contribution is 2.32. The van der Waals surface area contributed by atoms with Crippen molar-refractivity contribution in [1.82, 2.24) is 0 Å². The second-order valence-corrected chi connectivity index (χ2v) is 5.62.